The van der Waals surface area contributed by atoms with Crippen LogP contribution in [0, 0.1) is 6.92 Å². The number of anilines is 1. The lowest BCUT2D eigenvalue weighted by Gasteiger charge is -2.28. The maximum atomic E-state index is 10.8. The topological polar surface area (TPSA) is 70.0 Å². The zero-order valence-corrected chi connectivity index (χ0v) is 12.1. The maximum absolute atomic E-state index is 10.8. The highest BCUT2D eigenvalue weighted by molar-refractivity contribution is 5.68. The van der Waals surface area contributed by atoms with Gasteiger partial charge < -0.3 is 19.8 Å². The molecule has 1 aromatic carbocycles. The van der Waals surface area contributed by atoms with Crippen LogP contribution >= 0.6 is 0 Å². The molecule has 1 aromatic rings. The molecule has 0 saturated carbocycles. The molecule has 0 bridgehead atoms. The number of hydrogen-bond donors (Lipinski definition) is 2. The molecule has 0 heterocycles. The Morgan fingerprint density at radius 3 is 2.70 bits per heavy atom. The molecular formula is C15H23NO4. The average Bonchev–Trinajstić information content (AvgIpc) is 2.41. The molecule has 0 spiro atoms. The molecule has 0 aliphatic carbocycles. The molecule has 1 unspecified atom stereocenters. The number of ether oxygens (including phenoxy) is 1. The average molecular weight is 281 g/mol. The summed E-state index contributed by atoms with van der Waals surface area (Å²) in [5, 5.41) is 18.8. The van der Waals surface area contributed by atoms with E-state index < -0.39 is 12.1 Å². The van der Waals surface area contributed by atoms with Gasteiger partial charge in [0.15, 0.2) is 0 Å². The molecule has 0 radical (unpaired) electrons. The summed E-state index contributed by atoms with van der Waals surface area (Å²) in [6.07, 6.45) is -0.598. The van der Waals surface area contributed by atoms with E-state index in [0.29, 0.717) is 19.7 Å². The molecule has 1 atom stereocenters. The Labute approximate surface area is 119 Å². The van der Waals surface area contributed by atoms with E-state index in [4.69, 9.17) is 9.84 Å². The Balaban J connectivity index is 2.74. The van der Waals surface area contributed by atoms with Gasteiger partial charge in [0.1, 0.15) is 0 Å². The second kappa shape index (κ2) is 8.55. The molecular weight excluding hydrogens is 258 g/mol. The normalized spacial score (nSPS) is 12.2. The van der Waals surface area contributed by atoms with Crippen LogP contribution in [0.15, 0.2) is 24.3 Å². The number of aryl methyl sites for hydroxylation is 1. The van der Waals surface area contributed by atoms with E-state index in [9.17, 15) is 9.90 Å². The summed E-state index contributed by atoms with van der Waals surface area (Å²) in [5.41, 5.74) is 2.01. The van der Waals surface area contributed by atoms with Crippen LogP contribution < -0.4 is 4.90 Å². The lowest BCUT2D eigenvalue weighted by molar-refractivity contribution is -0.136. The third-order valence-corrected chi connectivity index (χ3v) is 3.00. The monoisotopic (exact) mass is 281 g/mol. The highest BCUT2D eigenvalue weighted by atomic mass is 16.5. The van der Waals surface area contributed by atoms with Crippen molar-refractivity contribution in [1.29, 1.82) is 0 Å². The van der Waals surface area contributed by atoms with Crippen molar-refractivity contribution in [3.05, 3.63) is 29.8 Å². The minimum atomic E-state index is -0.845. The predicted molar refractivity (Wildman–Crippen MR) is 78.1 cm³/mol. The second-order valence-electron chi connectivity index (χ2n) is 4.69. The molecule has 0 fully saturated rings. The summed E-state index contributed by atoms with van der Waals surface area (Å²) in [5.74, 6) is -0.845. The number of hydrogen-bond acceptors (Lipinski definition) is 4. The number of carbonyl (C=O) groups is 1. The third-order valence-electron chi connectivity index (χ3n) is 3.00. The van der Waals surface area contributed by atoms with Gasteiger partial charge >= 0.3 is 5.97 Å². The first-order valence-electron chi connectivity index (χ1n) is 6.82. The largest absolute Gasteiger partial charge is 0.481 e. The van der Waals surface area contributed by atoms with Crippen molar-refractivity contribution < 1.29 is 19.7 Å². The number of para-hydroxylation sites is 1. The van der Waals surface area contributed by atoms with Crippen LogP contribution in [-0.4, -0.2) is 48.6 Å². The van der Waals surface area contributed by atoms with Crippen molar-refractivity contribution >= 4 is 11.7 Å². The molecule has 0 saturated heterocycles. The molecule has 112 valence electrons. The lowest BCUT2D eigenvalue weighted by atomic mass is 10.1. The number of benzene rings is 1. The van der Waals surface area contributed by atoms with Gasteiger partial charge in [0, 0.05) is 25.4 Å². The van der Waals surface area contributed by atoms with Crippen LogP contribution in [0.5, 0.6) is 0 Å². The Hall–Kier alpha value is -1.59. The first kappa shape index (κ1) is 16.5. The van der Waals surface area contributed by atoms with E-state index >= 15 is 0 Å². The number of aliphatic hydroxyl groups is 1. The Morgan fingerprint density at radius 2 is 2.10 bits per heavy atom. The van der Waals surface area contributed by atoms with Gasteiger partial charge in [0.25, 0.3) is 0 Å². The smallest absolute Gasteiger partial charge is 0.305 e. The standard InChI is InChI=1S/C15H23NO4/c1-3-20-11-13(17)10-16(9-8-15(18)19)14-7-5-4-6-12(14)2/h4-7,13,17H,3,8-11H2,1-2H3,(H,18,19). The van der Waals surface area contributed by atoms with Crippen molar-refractivity contribution in [2.24, 2.45) is 0 Å². The van der Waals surface area contributed by atoms with E-state index in [0.717, 1.165) is 11.3 Å². The van der Waals surface area contributed by atoms with Crippen molar-refractivity contribution in [2.45, 2.75) is 26.4 Å². The van der Waals surface area contributed by atoms with Gasteiger partial charge in [-0.3, -0.25) is 4.79 Å². The van der Waals surface area contributed by atoms with Crippen LogP contribution in [0.4, 0.5) is 5.69 Å². The zero-order chi connectivity index (χ0) is 15.0. The first-order valence-corrected chi connectivity index (χ1v) is 6.82. The summed E-state index contributed by atoms with van der Waals surface area (Å²) in [6.45, 7) is 5.37. The second-order valence-corrected chi connectivity index (χ2v) is 4.69. The van der Waals surface area contributed by atoms with E-state index in [-0.39, 0.29) is 13.0 Å². The molecule has 0 aliphatic heterocycles. The summed E-state index contributed by atoms with van der Waals surface area (Å²) in [7, 11) is 0. The lowest BCUT2D eigenvalue weighted by Crippen LogP contribution is -2.36. The van der Waals surface area contributed by atoms with Crippen LogP contribution in [-0.2, 0) is 9.53 Å². The Bertz CT molecular complexity index is 422. The van der Waals surface area contributed by atoms with Crippen LogP contribution in [0.1, 0.15) is 18.9 Å². The Kier molecular flexibility index (Phi) is 7.04. The van der Waals surface area contributed by atoms with Gasteiger partial charge in [0.05, 0.1) is 19.1 Å². The third kappa shape index (κ3) is 5.59. The van der Waals surface area contributed by atoms with E-state index in [2.05, 4.69) is 0 Å². The number of aliphatic carboxylic acids is 1. The molecule has 2 N–H and O–H groups in total. The van der Waals surface area contributed by atoms with Gasteiger partial charge in [-0.1, -0.05) is 18.2 Å². The number of nitrogens with zero attached hydrogens (tertiary/aromatic N) is 1. The van der Waals surface area contributed by atoms with Crippen molar-refractivity contribution in [2.75, 3.05) is 31.2 Å². The molecule has 1 rings (SSSR count). The maximum Gasteiger partial charge on any atom is 0.305 e. The molecule has 5 nitrogen and oxygen atoms in total. The van der Waals surface area contributed by atoms with Gasteiger partial charge in [-0.15, -0.1) is 0 Å². The number of carboxylic acids is 1. The SMILES string of the molecule is CCOCC(O)CN(CCC(=O)O)c1ccccc1C. The van der Waals surface area contributed by atoms with Gasteiger partial charge in [-0.05, 0) is 25.5 Å². The molecule has 5 heteroatoms. The predicted octanol–water partition coefficient (Wildman–Crippen LogP) is 1.67. The quantitative estimate of drug-likeness (QED) is 0.720. The van der Waals surface area contributed by atoms with Gasteiger partial charge in [-0.2, -0.15) is 0 Å². The van der Waals surface area contributed by atoms with Gasteiger partial charge in [0.2, 0.25) is 0 Å². The molecule has 0 amide bonds. The summed E-state index contributed by atoms with van der Waals surface area (Å²) in [6, 6.07) is 7.75. The minimum Gasteiger partial charge on any atom is -0.481 e. The van der Waals surface area contributed by atoms with Crippen LogP contribution in [0.2, 0.25) is 0 Å². The fraction of sp³-hybridized carbons (Fsp3) is 0.533. The van der Waals surface area contributed by atoms with Crippen molar-refractivity contribution in [3.8, 4) is 0 Å². The summed E-state index contributed by atoms with van der Waals surface area (Å²) < 4.78 is 5.19. The summed E-state index contributed by atoms with van der Waals surface area (Å²) in [4.78, 5) is 12.7. The number of rotatable bonds is 9. The Morgan fingerprint density at radius 1 is 1.40 bits per heavy atom. The van der Waals surface area contributed by atoms with Crippen molar-refractivity contribution in [3.63, 3.8) is 0 Å². The number of carboxylic acid groups (broad SMARTS) is 1. The highest BCUT2D eigenvalue weighted by Gasteiger charge is 2.15. The fourth-order valence-corrected chi connectivity index (χ4v) is 2.02. The molecule has 0 aliphatic rings. The fourth-order valence-electron chi connectivity index (χ4n) is 2.02. The van der Waals surface area contributed by atoms with E-state index in [1.165, 1.54) is 0 Å². The van der Waals surface area contributed by atoms with Crippen molar-refractivity contribution in [1.82, 2.24) is 0 Å². The van der Waals surface area contributed by atoms with Gasteiger partial charge in [-0.25, -0.2) is 0 Å². The first-order chi connectivity index (χ1) is 9.54. The van der Waals surface area contributed by atoms with E-state index in [1.54, 1.807) is 0 Å². The molecule has 20 heavy (non-hydrogen) atoms. The number of aliphatic hydroxyl groups excluding tert-OH is 1. The molecule has 0 aromatic heterocycles. The van der Waals surface area contributed by atoms with Crippen LogP contribution in [0.3, 0.4) is 0 Å². The zero-order valence-electron chi connectivity index (χ0n) is 12.1. The van der Waals surface area contributed by atoms with Crippen LogP contribution in [0.25, 0.3) is 0 Å². The minimum absolute atomic E-state index is 0.0374. The highest BCUT2D eigenvalue weighted by Crippen LogP contribution is 2.20. The van der Waals surface area contributed by atoms with E-state index in [1.807, 2.05) is 43.0 Å². The summed E-state index contributed by atoms with van der Waals surface area (Å²) >= 11 is 0.